The minimum absolute atomic E-state index is 0.00961. The number of para-hydroxylation sites is 1. The van der Waals surface area contributed by atoms with E-state index in [2.05, 4.69) is 37.6 Å². The van der Waals surface area contributed by atoms with Gasteiger partial charge in [0.05, 0.1) is 6.61 Å². The lowest BCUT2D eigenvalue weighted by molar-refractivity contribution is -0.150. The van der Waals surface area contributed by atoms with Gasteiger partial charge in [0.2, 0.25) is 35.4 Å². The highest BCUT2D eigenvalue weighted by atomic mass is 16.5. The number of allylic oxidation sites excluding steroid dienone is 1. The van der Waals surface area contributed by atoms with Crippen LogP contribution < -0.4 is 26.6 Å². The summed E-state index contributed by atoms with van der Waals surface area (Å²) < 4.78 is 5.14. The lowest BCUT2D eigenvalue weighted by atomic mass is 9.84. The zero-order chi connectivity index (χ0) is 48.2. The molecule has 9 rings (SSSR count). The monoisotopic (exact) mass is 946 g/mol. The Hall–Kier alpha value is -6.23. The number of ether oxygens (including phenoxy) is 1. The van der Waals surface area contributed by atoms with E-state index in [9.17, 15) is 14.4 Å². The Bertz CT molecular complexity index is 2480. The van der Waals surface area contributed by atoms with Crippen molar-refractivity contribution in [2.24, 2.45) is 5.92 Å². The summed E-state index contributed by atoms with van der Waals surface area (Å²) in [5.41, 5.74) is 3.22. The molecule has 0 radical (unpaired) electrons. The van der Waals surface area contributed by atoms with Gasteiger partial charge in [0.1, 0.15) is 35.7 Å². The molecule has 3 aliphatic heterocycles. The molecule has 7 atom stereocenters. The minimum atomic E-state index is -1.41. The Morgan fingerprint density at radius 3 is 2.39 bits per heavy atom. The first-order valence-electron chi connectivity index (χ1n) is 25.1. The number of carbonyl (C=O) groups excluding carboxylic acids is 7. The Labute approximate surface area is 403 Å². The van der Waals surface area contributed by atoms with Gasteiger partial charge in [-0.05, 0) is 92.0 Å². The second-order valence-electron chi connectivity index (χ2n) is 20.0. The first-order valence-corrected chi connectivity index (χ1v) is 25.1. The number of likely N-dealkylation sites (N-methyl/N-ethyl adjacent to an activating group) is 1. The molecular weight excluding hydrogens is 879 g/mol. The molecule has 69 heavy (non-hydrogen) atoms. The van der Waals surface area contributed by atoms with Gasteiger partial charge in [-0.15, -0.1) is 0 Å². The summed E-state index contributed by atoms with van der Waals surface area (Å²) in [6.45, 7) is 0.925. The van der Waals surface area contributed by atoms with Crippen LogP contribution in [0.25, 0.3) is 16.5 Å². The van der Waals surface area contributed by atoms with Gasteiger partial charge in [-0.3, -0.25) is 28.8 Å². The fraction of sp³-hybridized carbons (Fsp3) is 0.558. The van der Waals surface area contributed by atoms with Crippen molar-refractivity contribution in [2.75, 3.05) is 40.4 Å². The van der Waals surface area contributed by atoms with Gasteiger partial charge in [-0.2, -0.15) is 0 Å². The van der Waals surface area contributed by atoms with Gasteiger partial charge in [0.25, 0.3) is 0 Å². The summed E-state index contributed by atoms with van der Waals surface area (Å²) in [5.74, 6) is -2.81. The molecule has 17 nitrogen and oxygen atoms in total. The number of amides is 8. The topological polar surface area (TPSA) is 214 Å². The average Bonchev–Trinajstić information content (AvgIpc) is 4.23. The van der Waals surface area contributed by atoms with Gasteiger partial charge < -0.3 is 51.0 Å². The van der Waals surface area contributed by atoms with Crippen molar-refractivity contribution in [1.29, 1.82) is 0 Å². The largest absolute Gasteiger partial charge is 0.383 e. The number of carbonyl (C=O) groups is 7. The van der Waals surface area contributed by atoms with Crippen LogP contribution in [0.1, 0.15) is 100 Å². The number of aromatic nitrogens is 1. The van der Waals surface area contributed by atoms with Crippen molar-refractivity contribution in [2.45, 2.75) is 138 Å². The number of fused-ring (bicyclic) bond motifs is 6. The van der Waals surface area contributed by atoms with Crippen LogP contribution in [-0.4, -0.2) is 143 Å². The molecule has 4 heterocycles. The van der Waals surface area contributed by atoms with E-state index in [0.29, 0.717) is 64.5 Å². The molecule has 2 saturated carbocycles. The van der Waals surface area contributed by atoms with Gasteiger partial charge in [-0.1, -0.05) is 74.2 Å². The van der Waals surface area contributed by atoms with Crippen LogP contribution in [0.2, 0.25) is 0 Å². The quantitative estimate of drug-likeness (QED) is 0.177. The molecule has 3 saturated heterocycles. The second-order valence-corrected chi connectivity index (χ2v) is 20.0. The predicted molar refractivity (Wildman–Crippen MR) is 258 cm³/mol. The van der Waals surface area contributed by atoms with E-state index in [1.807, 2.05) is 48.5 Å². The van der Waals surface area contributed by atoms with E-state index in [1.54, 1.807) is 25.3 Å². The van der Waals surface area contributed by atoms with Crippen LogP contribution in [0, 0.1) is 5.92 Å². The third-order valence-electron chi connectivity index (χ3n) is 15.7. The van der Waals surface area contributed by atoms with Crippen LogP contribution in [0.3, 0.4) is 0 Å². The highest BCUT2D eigenvalue weighted by molar-refractivity contribution is 6.01. The van der Waals surface area contributed by atoms with E-state index in [4.69, 9.17) is 4.74 Å². The van der Waals surface area contributed by atoms with Crippen molar-refractivity contribution in [3.05, 3.63) is 77.5 Å². The van der Waals surface area contributed by atoms with Crippen LogP contribution >= 0.6 is 0 Å². The van der Waals surface area contributed by atoms with Crippen LogP contribution in [0.4, 0.5) is 4.79 Å². The lowest BCUT2D eigenvalue weighted by Gasteiger charge is -2.38. The van der Waals surface area contributed by atoms with E-state index >= 15 is 19.2 Å². The molecule has 6 aliphatic rings. The summed E-state index contributed by atoms with van der Waals surface area (Å²) in [4.78, 5) is 111. The number of nitrogens with one attached hydrogen (secondary N) is 6. The normalized spacial score (nSPS) is 27.3. The van der Waals surface area contributed by atoms with Crippen molar-refractivity contribution >= 4 is 58.0 Å². The Morgan fingerprint density at radius 2 is 1.57 bits per heavy atom. The molecule has 17 heteroatoms. The summed E-state index contributed by atoms with van der Waals surface area (Å²) in [7, 11) is 3.18. The molecule has 5 fully saturated rings. The summed E-state index contributed by atoms with van der Waals surface area (Å²) in [6.07, 6.45) is 11.5. The first kappa shape index (κ1) is 47.8. The molecule has 3 aliphatic carbocycles. The van der Waals surface area contributed by atoms with Gasteiger partial charge >= 0.3 is 6.03 Å². The van der Waals surface area contributed by atoms with Gasteiger partial charge in [0.15, 0.2) is 0 Å². The highest BCUT2D eigenvalue weighted by Crippen LogP contribution is 2.42. The molecule has 368 valence electrons. The molecule has 2 aromatic carbocycles. The highest BCUT2D eigenvalue weighted by Gasteiger charge is 2.52. The van der Waals surface area contributed by atoms with E-state index in [-0.39, 0.29) is 56.3 Å². The number of benzene rings is 2. The molecule has 1 aromatic heterocycles. The molecule has 8 amide bonds. The van der Waals surface area contributed by atoms with Crippen LogP contribution in [0.15, 0.2) is 60.8 Å². The van der Waals surface area contributed by atoms with Crippen molar-refractivity contribution in [1.82, 2.24) is 46.3 Å². The number of urea groups is 1. The molecule has 3 aromatic rings. The van der Waals surface area contributed by atoms with E-state index in [1.165, 1.54) is 9.80 Å². The maximum atomic E-state index is 15.2. The second kappa shape index (κ2) is 20.8. The number of methoxy groups -OCH3 is 1. The third-order valence-corrected chi connectivity index (χ3v) is 15.7. The number of hydrogen-bond acceptors (Lipinski definition) is 8. The molecule has 1 spiro atoms. The summed E-state index contributed by atoms with van der Waals surface area (Å²) in [5, 5.41) is 16.0. The first-order chi connectivity index (χ1) is 33.4. The zero-order valence-corrected chi connectivity index (χ0v) is 39.9. The summed E-state index contributed by atoms with van der Waals surface area (Å²) in [6, 6.07) is 9.75. The van der Waals surface area contributed by atoms with Crippen molar-refractivity contribution < 1.29 is 38.3 Å². The van der Waals surface area contributed by atoms with Crippen molar-refractivity contribution in [3.63, 3.8) is 0 Å². The molecule has 6 N–H and O–H groups in total. The standard InChI is InChI=1S/C52H67N9O8/c1-59(26-27-69-2)51(68)53-24-21-39-48(65)60-25-11-18-43(60)49(66)61-42-17-8-4-13-34(42)30-44(61)47(64)56-41(28-33-20-19-32-12-3-5-14-36(32)33)46(63)58-52(22-9-10-23-52)50(67)57-40(45(62)55-39)29-35-31-54-38-16-7-6-15-37(35)38/h3,5-7,12,14-16,20,31,34,39-44,54H,4,8-11,13,17-19,21-30H2,1-2H3,(H,53,68)(H,55,62)(H,56,64)(H,57,67)(H,58,63)/t34-,39-,40-,41-,42-,43+,44-/m0/s1. The summed E-state index contributed by atoms with van der Waals surface area (Å²) >= 11 is 0. The Balaban J connectivity index is 1.09. The third kappa shape index (κ3) is 9.97. The Morgan fingerprint density at radius 1 is 0.812 bits per heavy atom. The minimum Gasteiger partial charge on any atom is -0.383 e. The predicted octanol–water partition coefficient (Wildman–Crippen LogP) is 3.47. The number of H-pyrrole nitrogens is 1. The van der Waals surface area contributed by atoms with Crippen LogP contribution in [0.5, 0.6) is 0 Å². The smallest absolute Gasteiger partial charge is 0.317 e. The van der Waals surface area contributed by atoms with Gasteiger partial charge in [0, 0.05) is 69.8 Å². The average molecular weight is 946 g/mol. The SMILES string of the molecule is COCCN(C)C(=O)NCC[C@@H]1NC(=O)[C@H](Cc2c[nH]c3ccccc23)NC(=O)C2(CCCC2)NC(=O)[C@H](CC2=CCc3ccccc32)NC(=O)[C@@H]2C[C@@H]3CCCC[C@@H]3N2C(=O)[C@H]2CCCN2C1=O. The maximum absolute atomic E-state index is 15.2. The number of nitrogens with zero attached hydrogens (tertiary/aromatic N) is 3. The van der Waals surface area contributed by atoms with E-state index in [0.717, 1.165) is 58.8 Å². The maximum Gasteiger partial charge on any atom is 0.317 e. The van der Waals surface area contributed by atoms with Crippen molar-refractivity contribution in [3.8, 4) is 0 Å². The Kier molecular flexibility index (Phi) is 14.4. The lowest BCUT2D eigenvalue weighted by Crippen LogP contribution is -2.65. The molecule has 0 bridgehead atoms. The fourth-order valence-corrected chi connectivity index (χ4v) is 12.0. The number of aromatic amines is 1. The van der Waals surface area contributed by atoms with E-state index < -0.39 is 65.3 Å². The zero-order valence-electron chi connectivity index (χ0n) is 39.9. The number of hydrogen-bond donors (Lipinski definition) is 6. The van der Waals surface area contributed by atoms with Crippen LogP contribution in [-0.2, 0) is 46.3 Å². The number of rotatable bonds is 10. The fourth-order valence-electron chi connectivity index (χ4n) is 12.0. The molecule has 0 unspecified atom stereocenters. The van der Waals surface area contributed by atoms with Gasteiger partial charge in [-0.25, -0.2) is 4.79 Å². The molecular formula is C52H67N9O8.